The lowest BCUT2D eigenvalue weighted by atomic mass is 10.0. The fourth-order valence-electron chi connectivity index (χ4n) is 1.87. The number of ether oxygens (including phenoxy) is 1. The Balaban J connectivity index is 2.24. The maximum atomic E-state index is 5.25. The van der Waals surface area contributed by atoms with Crippen LogP contribution in [0.2, 0.25) is 0 Å². The summed E-state index contributed by atoms with van der Waals surface area (Å²) in [4.78, 5) is 7.39. The molecule has 0 fully saturated rings. The molecule has 0 amide bonds. The maximum absolute atomic E-state index is 5.25. The highest BCUT2D eigenvalue weighted by molar-refractivity contribution is 5.89. The van der Waals surface area contributed by atoms with Crippen molar-refractivity contribution in [3.8, 4) is 0 Å². The van der Waals surface area contributed by atoms with Crippen LogP contribution in [0.25, 0.3) is 11.0 Å². The lowest BCUT2D eigenvalue weighted by molar-refractivity contribution is 0.171. The van der Waals surface area contributed by atoms with Gasteiger partial charge in [0, 0.05) is 30.6 Å². The van der Waals surface area contributed by atoms with Crippen molar-refractivity contribution >= 4 is 16.7 Å². The van der Waals surface area contributed by atoms with Gasteiger partial charge in [0.1, 0.15) is 5.65 Å². The molecule has 17 heavy (non-hydrogen) atoms. The molecule has 0 aliphatic heterocycles. The highest BCUT2D eigenvalue weighted by atomic mass is 16.5. The molecule has 2 heterocycles. The number of aromatic amines is 1. The topological polar surface area (TPSA) is 49.9 Å². The molecule has 0 spiro atoms. The Morgan fingerprint density at radius 1 is 1.41 bits per heavy atom. The minimum Gasteiger partial charge on any atom is -0.383 e. The molecule has 1 atom stereocenters. The van der Waals surface area contributed by atoms with E-state index in [9.17, 15) is 0 Å². The average molecular weight is 233 g/mol. The van der Waals surface area contributed by atoms with Gasteiger partial charge in [-0.05, 0) is 18.1 Å². The third-order valence-electron chi connectivity index (χ3n) is 2.95. The van der Waals surface area contributed by atoms with Gasteiger partial charge < -0.3 is 15.0 Å². The van der Waals surface area contributed by atoms with E-state index in [2.05, 4.69) is 29.1 Å². The summed E-state index contributed by atoms with van der Waals surface area (Å²) in [6.07, 6.45) is 3.72. The summed E-state index contributed by atoms with van der Waals surface area (Å²) in [6, 6.07) is 4.34. The van der Waals surface area contributed by atoms with Gasteiger partial charge in [-0.2, -0.15) is 0 Å². The van der Waals surface area contributed by atoms with Crippen LogP contribution in [0.5, 0.6) is 0 Å². The number of hydrogen-bond donors (Lipinski definition) is 2. The SMILES string of the molecule is COC[C@@H](Nc1ccnc2[nH]ccc12)C(C)C. The standard InChI is InChI=1S/C13H19N3O/c1-9(2)12(8-17-3)16-11-5-7-15-13-10(11)4-6-14-13/h4-7,9,12H,8H2,1-3H3,(H2,14,15,16)/t12-/m1/s1. The molecule has 0 radical (unpaired) electrons. The Morgan fingerprint density at radius 3 is 2.94 bits per heavy atom. The van der Waals surface area contributed by atoms with Crippen molar-refractivity contribution < 1.29 is 4.74 Å². The van der Waals surface area contributed by atoms with Crippen LogP contribution < -0.4 is 5.32 Å². The minimum atomic E-state index is 0.306. The van der Waals surface area contributed by atoms with Crippen LogP contribution in [0.4, 0.5) is 5.69 Å². The summed E-state index contributed by atoms with van der Waals surface area (Å²) in [5.74, 6) is 0.511. The predicted octanol–water partition coefficient (Wildman–Crippen LogP) is 2.65. The highest BCUT2D eigenvalue weighted by Crippen LogP contribution is 2.22. The lowest BCUT2D eigenvalue weighted by Gasteiger charge is -2.23. The number of fused-ring (bicyclic) bond motifs is 1. The molecule has 4 heteroatoms. The number of hydrogen-bond acceptors (Lipinski definition) is 3. The number of H-pyrrole nitrogens is 1. The van der Waals surface area contributed by atoms with E-state index in [0.717, 1.165) is 16.7 Å². The maximum Gasteiger partial charge on any atom is 0.139 e. The van der Waals surface area contributed by atoms with Gasteiger partial charge in [-0.15, -0.1) is 0 Å². The van der Waals surface area contributed by atoms with Gasteiger partial charge in [0.15, 0.2) is 0 Å². The molecule has 0 saturated heterocycles. The highest BCUT2D eigenvalue weighted by Gasteiger charge is 2.14. The molecule has 0 aliphatic rings. The number of nitrogens with zero attached hydrogens (tertiary/aromatic N) is 1. The first-order valence-corrected chi connectivity index (χ1v) is 5.90. The number of methoxy groups -OCH3 is 1. The first-order chi connectivity index (χ1) is 8.22. The van der Waals surface area contributed by atoms with Crippen LogP contribution in [0.15, 0.2) is 24.5 Å². The van der Waals surface area contributed by atoms with Crippen LogP contribution in [0.3, 0.4) is 0 Å². The Labute approximate surface area is 101 Å². The molecule has 92 valence electrons. The normalized spacial score (nSPS) is 13.2. The van der Waals surface area contributed by atoms with Crippen LogP contribution in [0.1, 0.15) is 13.8 Å². The van der Waals surface area contributed by atoms with Crippen molar-refractivity contribution in [3.63, 3.8) is 0 Å². The number of aromatic nitrogens is 2. The minimum absolute atomic E-state index is 0.306. The van der Waals surface area contributed by atoms with E-state index >= 15 is 0 Å². The quantitative estimate of drug-likeness (QED) is 0.834. The fraction of sp³-hybridized carbons (Fsp3) is 0.462. The summed E-state index contributed by atoms with van der Waals surface area (Å²) in [7, 11) is 1.73. The van der Waals surface area contributed by atoms with E-state index in [1.807, 2.05) is 24.5 Å². The molecular weight excluding hydrogens is 214 g/mol. The van der Waals surface area contributed by atoms with E-state index in [1.54, 1.807) is 7.11 Å². The van der Waals surface area contributed by atoms with Crippen LogP contribution in [-0.4, -0.2) is 29.7 Å². The zero-order valence-electron chi connectivity index (χ0n) is 10.5. The molecule has 0 unspecified atom stereocenters. The third kappa shape index (κ3) is 2.58. The zero-order valence-corrected chi connectivity index (χ0v) is 10.5. The van der Waals surface area contributed by atoms with E-state index in [0.29, 0.717) is 18.6 Å². The summed E-state index contributed by atoms with van der Waals surface area (Å²) in [6.45, 7) is 5.07. The van der Waals surface area contributed by atoms with Gasteiger partial charge in [0.05, 0.1) is 12.6 Å². The number of pyridine rings is 1. The fourth-order valence-corrected chi connectivity index (χ4v) is 1.87. The number of rotatable bonds is 5. The Kier molecular flexibility index (Phi) is 3.64. The smallest absolute Gasteiger partial charge is 0.139 e. The average Bonchev–Trinajstić information content (AvgIpc) is 2.77. The monoisotopic (exact) mass is 233 g/mol. The van der Waals surface area contributed by atoms with Crippen LogP contribution in [-0.2, 0) is 4.74 Å². The van der Waals surface area contributed by atoms with E-state index in [4.69, 9.17) is 4.74 Å². The Morgan fingerprint density at radius 2 is 2.24 bits per heavy atom. The number of anilines is 1. The van der Waals surface area contributed by atoms with Gasteiger partial charge in [-0.1, -0.05) is 13.8 Å². The Bertz CT molecular complexity index is 478. The van der Waals surface area contributed by atoms with E-state index < -0.39 is 0 Å². The molecule has 2 N–H and O–H groups in total. The van der Waals surface area contributed by atoms with Crippen LogP contribution >= 0.6 is 0 Å². The molecule has 2 aromatic rings. The van der Waals surface area contributed by atoms with Crippen molar-refractivity contribution in [2.75, 3.05) is 19.0 Å². The largest absolute Gasteiger partial charge is 0.383 e. The molecular formula is C13H19N3O. The van der Waals surface area contributed by atoms with Crippen molar-refractivity contribution in [3.05, 3.63) is 24.5 Å². The second kappa shape index (κ2) is 5.19. The van der Waals surface area contributed by atoms with Gasteiger partial charge in [0.25, 0.3) is 0 Å². The molecule has 2 aromatic heterocycles. The summed E-state index contributed by atoms with van der Waals surface area (Å²) in [5.41, 5.74) is 2.02. The van der Waals surface area contributed by atoms with Crippen LogP contribution in [0, 0.1) is 5.92 Å². The predicted molar refractivity (Wildman–Crippen MR) is 70.2 cm³/mol. The summed E-state index contributed by atoms with van der Waals surface area (Å²) in [5, 5.41) is 4.64. The Hall–Kier alpha value is -1.55. The van der Waals surface area contributed by atoms with E-state index in [-0.39, 0.29) is 0 Å². The van der Waals surface area contributed by atoms with Gasteiger partial charge >= 0.3 is 0 Å². The zero-order chi connectivity index (χ0) is 12.3. The molecule has 0 aromatic carbocycles. The number of nitrogens with one attached hydrogen (secondary N) is 2. The molecule has 0 aliphatic carbocycles. The first-order valence-electron chi connectivity index (χ1n) is 5.90. The van der Waals surface area contributed by atoms with Crippen molar-refractivity contribution in [2.45, 2.75) is 19.9 Å². The van der Waals surface area contributed by atoms with E-state index in [1.165, 1.54) is 0 Å². The molecule has 2 rings (SSSR count). The summed E-state index contributed by atoms with van der Waals surface area (Å²) < 4.78 is 5.25. The first kappa shape index (κ1) is 11.9. The van der Waals surface area contributed by atoms with Crippen molar-refractivity contribution in [2.24, 2.45) is 5.92 Å². The van der Waals surface area contributed by atoms with Gasteiger partial charge in [-0.25, -0.2) is 4.98 Å². The molecule has 0 saturated carbocycles. The third-order valence-corrected chi connectivity index (χ3v) is 2.95. The lowest BCUT2D eigenvalue weighted by Crippen LogP contribution is -2.30. The molecule has 0 bridgehead atoms. The second-order valence-electron chi connectivity index (χ2n) is 4.55. The molecule has 4 nitrogen and oxygen atoms in total. The van der Waals surface area contributed by atoms with Gasteiger partial charge in [-0.3, -0.25) is 0 Å². The second-order valence-corrected chi connectivity index (χ2v) is 4.55. The van der Waals surface area contributed by atoms with Crippen molar-refractivity contribution in [1.82, 2.24) is 9.97 Å². The summed E-state index contributed by atoms with van der Waals surface area (Å²) >= 11 is 0. The van der Waals surface area contributed by atoms with Crippen molar-refractivity contribution in [1.29, 1.82) is 0 Å². The van der Waals surface area contributed by atoms with Gasteiger partial charge in [0.2, 0.25) is 0 Å².